The molecule has 0 saturated carbocycles. The van der Waals surface area contributed by atoms with Gasteiger partial charge >= 0.3 is 0 Å². The third-order valence-corrected chi connectivity index (χ3v) is 5.69. The average molecular weight is 301 g/mol. The van der Waals surface area contributed by atoms with E-state index in [4.69, 9.17) is 0 Å². The Morgan fingerprint density at radius 1 is 1.35 bits per heavy atom. The molecule has 0 aromatic heterocycles. The van der Waals surface area contributed by atoms with Gasteiger partial charge in [0.15, 0.2) is 5.96 Å². The molecule has 5 heteroatoms. The molecule has 1 fully saturated rings. The standard InChI is InChI=1S/C15H32N4S/c1-6-19(7-2)13(3)11-17-14(16-5)18-12-15(4)9-8-10-20-15/h13H,6-12H2,1-5H3,(H2,16,17,18). The molecule has 0 bridgehead atoms. The third kappa shape index (κ3) is 5.52. The second-order valence-corrected chi connectivity index (χ2v) is 7.46. The topological polar surface area (TPSA) is 39.7 Å². The Morgan fingerprint density at radius 3 is 2.55 bits per heavy atom. The van der Waals surface area contributed by atoms with Gasteiger partial charge in [0, 0.05) is 30.9 Å². The van der Waals surface area contributed by atoms with Crippen LogP contribution in [0.2, 0.25) is 0 Å². The number of rotatable bonds is 7. The van der Waals surface area contributed by atoms with E-state index in [0.717, 1.165) is 32.1 Å². The molecule has 0 radical (unpaired) electrons. The van der Waals surface area contributed by atoms with Gasteiger partial charge in [-0.2, -0.15) is 11.8 Å². The van der Waals surface area contributed by atoms with Crippen molar-refractivity contribution in [2.24, 2.45) is 4.99 Å². The Labute approximate surface area is 129 Å². The normalized spacial score (nSPS) is 25.0. The van der Waals surface area contributed by atoms with E-state index in [1.54, 1.807) is 0 Å². The summed E-state index contributed by atoms with van der Waals surface area (Å²) in [7, 11) is 1.85. The Hall–Kier alpha value is -0.420. The van der Waals surface area contributed by atoms with Gasteiger partial charge in [-0.15, -0.1) is 0 Å². The smallest absolute Gasteiger partial charge is 0.191 e. The van der Waals surface area contributed by atoms with E-state index in [9.17, 15) is 0 Å². The average Bonchev–Trinajstić information content (AvgIpc) is 2.87. The van der Waals surface area contributed by atoms with Crippen molar-refractivity contribution in [1.82, 2.24) is 15.5 Å². The summed E-state index contributed by atoms with van der Waals surface area (Å²) >= 11 is 2.08. The lowest BCUT2D eigenvalue weighted by Gasteiger charge is -2.28. The van der Waals surface area contributed by atoms with Crippen molar-refractivity contribution in [2.75, 3.05) is 39.0 Å². The molecule has 2 unspecified atom stereocenters. The van der Waals surface area contributed by atoms with Gasteiger partial charge in [0.25, 0.3) is 0 Å². The van der Waals surface area contributed by atoms with Crippen LogP contribution in [0.4, 0.5) is 0 Å². The van der Waals surface area contributed by atoms with Crippen LogP contribution >= 0.6 is 11.8 Å². The number of hydrogen-bond acceptors (Lipinski definition) is 3. The van der Waals surface area contributed by atoms with Gasteiger partial charge in [-0.05, 0) is 45.5 Å². The molecule has 2 N–H and O–H groups in total. The molecule has 2 atom stereocenters. The van der Waals surface area contributed by atoms with Crippen LogP contribution in [0.5, 0.6) is 0 Å². The quantitative estimate of drug-likeness (QED) is 0.558. The highest BCUT2D eigenvalue weighted by Crippen LogP contribution is 2.36. The maximum Gasteiger partial charge on any atom is 0.191 e. The Kier molecular flexibility index (Phi) is 7.74. The zero-order valence-electron chi connectivity index (χ0n) is 13.8. The van der Waals surface area contributed by atoms with Crippen LogP contribution in [0.15, 0.2) is 4.99 Å². The SMILES string of the molecule is CCN(CC)C(C)CNC(=NC)NCC1(C)CCCS1. The van der Waals surface area contributed by atoms with Crippen LogP contribution in [0.1, 0.15) is 40.5 Å². The van der Waals surface area contributed by atoms with Crippen molar-refractivity contribution in [3.05, 3.63) is 0 Å². The van der Waals surface area contributed by atoms with Crippen molar-refractivity contribution >= 4 is 17.7 Å². The van der Waals surface area contributed by atoms with E-state index < -0.39 is 0 Å². The van der Waals surface area contributed by atoms with E-state index in [2.05, 4.69) is 60.0 Å². The van der Waals surface area contributed by atoms with E-state index in [0.29, 0.717) is 10.8 Å². The van der Waals surface area contributed by atoms with Crippen LogP contribution in [0.3, 0.4) is 0 Å². The summed E-state index contributed by atoms with van der Waals surface area (Å²) in [5.74, 6) is 2.22. The van der Waals surface area contributed by atoms with Gasteiger partial charge in [0.05, 0.1) is 0 Å². The first kappa shape index (κ1) is 17.6. The first-order chi connectivity index (χ1) is 9.54. The molecule has 1 saturated heterocycles. The highest BCUT2D eigenvalue weighted by atomic mass is 32.2. The van der Waals surface area contributed by atoms with Crippen molar-refractivity contribution in [1.29, 1.82) is 0 Å². The minimum absolute atomic E-state index is 0.377. The predicted molar refractivity (Wildman–Crippen MR) is 91.8 cm³/mol. The molecule has 1 aliphatic rings. The fourth-order valence-electron chi connectivity index (χ4n) is 2.69. The molecule has 0 aliphatic carbocycles. The molecule has 1 heterocycles. The van der Waals surface area contributed by atoms with Crippen molar-refractivity contribution < 1.29 is 0 Å². The van der Waals surface area contributed by atoms with E-state index in [-0.39, 0.29) is 0 Å². The maximum absolute atomic E-state index is 4.33. The second-order valence-electron chi connectivity index (χ2n) is 5.78. The second kappa shape index (κ2) is 8.78. The van der Waals surface area contributed by atoms with Crippen LogP contribution in [-0.2, 0) is 0 Å². The highest BCUT2D eigenvalue weighted by Gasteiger charge is 2.29. The number of nitrogens with zero attached hydrogens (tertiary/aromatic N) is 2. The molecule has 0 aromatic rings. The van der Waals surface area contributed by atoms with Crippen LogP contribution in [0.25, 0.3) is 0 Å². The summed E-state index contributed by atoms with van der Waals surface area (Å²) in [4.78, 5) is 6.78. The fraction of sp³-hybridized carbons (Fsp3) is 0.933. The third-order valence-electron chi connectivity index (χ3n) is 4.15. The Bertz CT molecular complexity index is 296. The number of hydrogen-bond donors (Lipinski definition) is 2. The molecular weight excluding hydrogens is 268 g/mol. The lowest BCUT2D eigenvalue weighted by atomic mass is 10.1. The molecule has 118 valence electrons. The zero-order chi connectivity index (χ0) is 15.0. The maximum atomic E-state index is 4.33. The van der Waals surface area contributed by atoms with Gasteiger partial charge in [0.1, 0.15) is 0 Å². The molecule has 0 spiro atoms. The predicted octanol–water partition coefficient (Wildman–Crippen LogP) is 2.17. The summed E-state index contributed by atoms with van der Waals surface area (Å²) in [5.41, 5.74) is 0. The molecule has 4 nitrogen and oxygen atoms in total. The summed E-state index contributed by atoms with van der Waals surface area (Å²) < 4.78 is 0.377. The number of nitrogens with one attached hydrogen (secondary N) is 2. The van der Waals surface area contributed by atoms with Gasteiger partial charge in [0.2, 0.25) is 0 Å². The Balaban J connectivity index is 2.33. The summed E-state index contributed by atoms with van der Waals surface area (Å²) in [6.45, 7) is 13.2. The van der Waals surface area contributed by atoms with Crippen molar-refractivity contribution in [2.45, 2.75) is 51.3 Å². The molecule has 1 aliphatic heterocycles. The molecule has 0 amide bonds. The number of likely N-dealkylation sites (N-methyl/N-ethyl adjacent to an activating group) is 1. The number of thioether (sulfide) groups is 1. The van der Waals surface area contributed by atoms with Gasteiger partial charge in [-0.25, -0.2) is 0 Å². The minimum Gasteiger partial charge on any atom is -0.355 e. The molecule has 0 aromatic carbocycles. The fourth-order valence-corrected chi connectivity index (χ4v) is 3.93. The minimum atomic E-state index is 0.377. The summed E-state index contributed by atoms with van der Waals surface area (Å²) in [5, 5.41) is 6.93. The lowest BCUT2D eigenvalue weighted by molar-refractivity contribution is 0.231. The van der Waals surface area contributed by atoms with Crippen molar-refractivity contribution in [3.8, 4) is 0 Å². The summed E-state index contributed by atoms with van der Waals surface area (Å²) in [6, 6.07) is 0.528. The van der Waals surface area contributed by atoms with Crippen molar-refractivity contribution in [3.63, 3.8) is 0 Å². The lowest BCUT2D eigenvalue weighted by Crippen LogP contribution is -2.48. The van der Waals surface area contributed by atoms with Crippen LogP contribution < -0.4 is 10.6 Å². The van der Waals surface area contributed by atoms with Gasteiger partial charge in [-0.1, -0.05) is 13.8 Å². The molecular formula is C15H32N4S. The highest BCUT2D eigenvalue weighted by molar-refractivity contribution is 8.00. The van der Waals surface area contributed by atoms with Gasteiger partial charge in [-0.3, -0.25) is 9.89 Å². The van der Waals surface area contributed by atoms with E-state index >= 15 is 0 Å². The molecule has 1 rings (SSSR count). The number of aliphatic imine (C=N–C) groups is 1. The monoisotopic (exact) mass is 300 g/mol. The number of guanidine groups is 1. The first-order valence-electron chi connectivity index (χ1n) is 7.87. The zero-order valence-corrected chi connectivity index (χ0v) is 14.6. The van der Waals surface area contributed by atoms with Gasteiger partial charge < -0.3 is 10.6 Å². The van der Waals surface area contributed by atoms with Crippen LogP contribution in [-0.4, -0.2) is 60.6 Å². The van der Waals surface area contributed by atoms with E-state index in [1.807, 2.05) is 7.05 Å². The molecule has 20 heavy (non-hydrogen) atoms. The summed E-state index contributed by atoms with van der Waals surface area (Å²) in [6.07, 6.45) is 2.64. The first-order valence-corrected chi connectivity index (χ1v) is 8.85. The Morgan fingerprint density at radius 2 is 2.05 bits per heavy atom. The largest absolute Gasteiger partial charge is 0.355 e. The van der Waals surface area contributed by atoms with Crippen LogP contribution in [0, 0.1) is 0 Å². The van der Waals surface area contributed by atoms with E-state index in [1.165, 1.54) is 18.6 Å².